The van der Waals surface area contributed by atoms with Crippen molar-refractivity contribution < 1.29 is 9.53 Å². The molecule has 164 valence electrons. The lowest BCUT2D eigenvalue weighted by Gasteiger charge is -2.31. The summed E-state index contributed by atoms with van der Waals surface area (Å²) in [5, 5.41) is 3.17. The molecule has 1 aliphatic rings. The van der Waals surface area contributed by atoms with E-state index < -0.39 is 0 Å². The van der Waals surface area contributed by atoms with Crippen LogP contribution in [0.5, 0.6) is 0 Å². The van der Waals surface area contributed by atoms with Gasteiger partial charge in [0.1, 0.15) is 6.54 Å². The number of carbonyl (C=O) groups is 1. The van der Waals surface area contributed by atoms with E-state index in [4.69, 9.17) is 4.74 Å². The van der Waals surface area contributed by atoms with E-state index in [2.05, 4.69) is 10.2 Å². The highest BCUT2D eigenvalue weighted by atomic mass is 16.5. The van der Waals surface area contributed by atoms with E-state index in [1.54, 1.807) is 9.13 Å². The number of hydrogen-bond acceptors (Lipinski definition) is 4. The summed E-state index contributed by atoms with van der Waals surface area (Å²) in [5.74, 6) is -0.163. The van der Waals surface area contributed by atoms with Crippen LogP contribution in [0.2, 0.25) is 0 Å². The second kappa shape index (κ2) is 9.94. The van der Waals surface area contributed by atoms with E-state index in [1.807, 2.05) is 61.5 Å². The normalized spacial score (nSPS) is 15.8. The number of carbonyl (C=O) groups excluding carboxylic acids is 1. The number of amides is 1. The van der Waals surface area contributed by atoms with E-state index in [0.717, 1.165) is 36.1 Å². The summed E-state index contributed by atoms with van der Waals surface area (Å²) < 4.78 is 8.79. The van der Waals surface area contributed by atoms with E-state index in [-0.39, 0.29) is 24.2 Å². The number of fused-ring (bicyclic) bond motifs is 1. The molecule has 0 bridgehead atoms. The van der Waals surface area contributed by atoms with Crippen molar-refractivity contribution in [1.82, 2.24) is 19.4 Å². The van der Waals surface area contributed by atoms with Crippen LogP contribution >= 0.6 is 0 Å². The molecule has 0 saturated carbocycles. The Morgan fingerprint density at radius 1 is 1.00 bits per heavy atom. The van der Waals surface area contributed by atoms with Crippen LogP contribution in [0.15, 0.2) is 59.4 Å². The van der Waals surface area contributed by atoms with E-state index in [9.17, 15) is 9.59 Å². The first kappa shape index (κ1) is 21.3. The molecule has 1 fully saturated rings. The lowest BCUT2D eigenvalue weighted by atomic mass is 10.1. The van der Waals surface area contributed by atoms with Crippen molar-refractivity contribution in [2.75, 3.05) is 32.8 Å². The van der Waals surface area contributed by atoms with Gasteiger partial charge >= 0.3 is 5.69 Å². The average Bonchev–Trinajstić information content (AvgIpc) is 3.06. The average molecular weight is 423 g/mol. The number of nitrogens with zero attached hydrogens (tertiary/aromatic N) is 3. The highest BCUT2D eigenvalue weighted by Crippen LogP contribution is 2.17. The molecule has 0 radical (unpaired) electrons. The van der Waals surface area contributed by atoms with E-state index in [0.29, 0.717) is 26.3 Å². The van der Waals surface area contributed by atoms with Crippen LogP contribution in [0, 0.1) is 0 Å². The molecule has 3 aromatic rings. The number of aryl methyl sites for hydroxylation is 1. The maximum atomic E-state index is 13.1. The minimum Gasteiger partial charge on any atom is -0.379 e. The standard InChI is InChI=1S/C24H30N4O3/c1-2-12-27-21-10-6-7-11-22(21)28(24(27)30)18-23(29)25-20(19-8-4-3-5-9-19)17-26-13-15-31-16-14-26/h3-11,20H,2,12-18H2,1H3,(H,25,29). The molecule has 1 amide bonds. The van der Waals surface area contributed by atoms with E-state index in [1.165, 1.54) is 0 Å². The fraction of sp³-hybridized carbons (Fsp3) is 0.417. The van der Waals surface area contributed by atoms with Crippen LogP contribution in [-0.4, -0.2) is 52.8 Å². The van der Waals surface area contributed by atoms with Gasteiger partial charge in [-0.2, -0.15) is 0 Å². The zero-order chi connectivity index (χ0) is 21.6. The van der Waals surface area contributed by atoms with Crippen LogP contribution < -0.4 is 11.0 Å². The van der Waals surface area contributed by atoms with Crippen LogP contribution in [-0.2, 0) is 22.6 Å². The Balaban J connectivity index is 1.55. The van der Waals surface area contributed by atoms with Crippen molar-refractivity contribution in [1.29, 1.82) is 0 Å². The van der Waals surface area contributed by atoms with Crippen molar-refractivity contribution >= 4 is 16.9 Å². The predicted molar refractivity (Wildman–Crippen MR) is 121 cm³/mol. The molecule has 31 heavy (non-hydrogen) atoms. The smallest absolute Gasteiger partial charge is 0.329 e. The molecular weight excluding hydrogens is 392 g/mol. The summed E-state index contributed by atoms with van der Waals surface area (Å²) in [6.45, 7) is 6.52. The molecule has 1 aromatic heterocycles. The quantitative estimate of drug-likeness (QED) is 0.605. The van der Waals surface area contributed by atoms with Gasteiger partial charge in [-0.25, -0.2) is 4.79 Å². The van der Waals surface area contributed by atoms with Gasteiger partial charge < -0.3 is 10.1 Å². The monoisotopic (exact) mass is 422 g/mol. The molecule has 2 heterocycles. The fourth-order valence-corrected chi connectivity index (χ4v) is 4.21. The molecule has 1 saturated heterocycles. The van der Waals surface area contributed by atoms with Crippen LogP contribution in [0.3, 0.4) is 0 Å². The minimum atomic E-state index is -0.163. The third kappa shape index (κ3) is 4.89. The summed E-state index contributed by atoms with van der Waals surface area (Å²) in [6, 6.07) is 17.5. The molecule has 0 spiro atoms. The number of morpholine rings is 1. The number of benzene rings is 2. The maximum absolute atomic E-state index is 13.1. The van der Waals surface area contributed by atoms with Crippen LogP contribution in [0.1, 0.15) is 24.9 Å². The van der Waals surface area contributed by atoms with Crippen LogP contribution in [0.25, 0.3) is 11.0 Å². The number of para-hydroxylation sites is 2. The molecule has 1 aliphatic heterocycles. The second-order valence-corrected chi connectivity index (χ2v) is 7.95. The first-order chi connectivity index (χ1) is 15.2. The van der Waals surface area contributed by atoms with Gasteiger partial charge in [0.15, 0.2) is 0 Å². The zero-order valence-electron chi connectivity index (χ0n) is 18.0. The second-order valence-electron chi connectivity index (χ2n) is 7.95. The summed E-state index contributed by atoms with van der Waals surface area (Å²) in [5.41, 5.74) is 2.58. The first-order valence-corrected chi connectivity index (χ1v) is 11.0. The van der Waals surface area contributed by atoms with Gasteiger partial charge in [-0.15, -0.1) is 0 Å². The van der Waals surface area contributed by atoms with Gasteiger partial charge in [0.2, 0.25) is 5.91 Å². The predicted octanol–water partition coefficient (Wildman–Crippen LogP) is 2.40. The van der Waals surface area contributed by atoms with Crippen molar-refractivity contribution in [3.8, 4) is 0 Å². The summed E-state index contributed by atoms with van der Waals surface area (Å²) >= 11 is 0. The zero-order valence-corrected chi connectivity index (χ0v) is 18.0. The highest BCUT2D eigenvalue weighted by molar-refractivity contribution is 5.81. The van der Waals surface area contributed by atoms with Crippen molar-refractivity contribution in [3.05, 3.63) is 70.6 Å². The molecular formula is C24H30N4O3. The fourth-order valence-electron chi connectivity index (χ4n) is 4.21. The number of imidazole rings is 1. The first-order valence-electron chi connectivity index (χ1n) is 11.0. The molecule has 1 unspecified atom stereocenters. The minimum absolute atomic E-state index is 0.00249. The Kier molecular flexibility index (Phi) is 6.84. The van der Waals surface area contributed by atoms with Crippen molar-refractivity contribution in [2.45, 2.75) is 32.5 Å². The van der Waals surface area contributed by atoms with Crippen LogP contribution in [0.4, 0.5) is 0 Å². The number of ether oxygens (including phenoxy) is 1. The lowest BCUT2D eigenvalue weighted by molar-refractivity contribution is -0.122. The molecule has 7 nitrogen and oxygen atoms in total. The Bertz CT molecular complexity index is 1070. The SMILES string of the molecule is CCCn1c(=O)n(CC(=O)NC(CN2CCOCC2)c2ccccc2)c2ccccc21. The molecule has 4 rings (SSSR count). The van der Waals surface area contributed by atoms with E-state index >= 15 is 0 Å². The lowest BCUT2D eigenvalue weighted by Crippen LogP contribution is -2.44. The summed E-state index contributed by atoms with van der Waals surface area (Å²) in [4.78, 5) is 28.4. The molecule has 1 atom stereocenters. The Morgan fingerprint density at radius 3 is 2.32 bits per heavy atom. The van der Waals surface area contributed by atoms with Gasteiger partial charge in [0, 0.05) is 26.2 Å². The third-order valence-corrected chi connectivity index (χ3v) is 5.76. The van der Waals surface area contributed by atoms with Gasteiger partial charge in [-0.1, -0.05) is 49.4 Å². The highest BCUT2D eigenvalue weighted by Gasteiger charge is 2.21. The van der Waals surface area contributed by atoms with Gasteiger partial charge in [0.25, 0.3) is 0 Å². The number of hydrogen-bond donors (Lipinski definition) is 1. The molecule has 1 N–H and O–H groups in total. The summed E-state index contributed by atoms with van der Waals surface area (Å²) in [6.07, 6.45) is 0.857. The number of nitrogens with one attached hydrogen (secondary N) is 1. The Hall–Kier alpha value is -2.90. The van der Waals surface area contributed by atoms with Gasteiger partial charge in [-0.3, -0.25) is 18.8 Å². The number of aromatic nitrogens is 2. The largest absolute Gasteiger partial charge is 0.379 e. The molecule has 2 aromatic carbocycles. The third-order valence-electron chi connectivity index (χ3n) is 5.76. The van der Waals surface area contributed by atoms with Crippen molar-refractivity contribution in [2.24, 2.45) is 0 Å². The molecule has 0 aliphatic carbocycles. The molecule has 7 heteroatoms. The van der Waals surface area contributed by atoms with Gasteiger partial charge in [0.05, 0.1) is 30.3 Å². The maximum Gasteiger partial charge on any atom is 0.329 e. The van der Waals surface area contributed by atoms with Crippen molar-refractivity contribution in [3.63, 3.8) is 0 Å². The van der Waals surface area contributed by atoms with Gasteiger partial charge in [-0.05, 0) is 24.1 Å². The topological polar surface area (TPSA) is 68.5 Å². The Morgan fingerprint density at radius 2 is 1.65 bits per heavy atom. The summed E-state index contributed by atoms with van der Waals surface area (Å²) in [7, 11) is 0. The Labute approximate surface area is 182 Å². The number of rotatable bonds is 8.